The lowest BCUT2D eigenvalue weighted by Gasteiger charge is -2.23. The predicted molar refractivity (Wildman–Crippen MR) is 96.6 cm³/mol. The van der Waals surface area contributed by atoms with Crippen LogP contribution in [0.5, 0.6) is 0 Å². The number of hydrogen-bond acceptors (Lipinski definition) is 3. The van der Waals surface area contributed by atoms with Gasteiger partial charge in [0.2, 0.25) is 0 Å². The summed E-state index contributed by atoms with van der Waals surface area (Å²) >= 11 is 13.6. The molecule has 0 spiro atoms. The van der Waals surface area contributed by atoms with Crippen molar-refractivity contribution >= 4 is 50.7 Å². The standard InChI is InChI=1S/C17H14Cl2N2OS/c1-10(16-20-14-5-3-4-6-15(14)23-16)21(2)17(22)12-8-7-11(18)9-13(12)19/h3-10H,1-2H3. The molecule has 2 aromatic carbocycles. The monoisotopic (exact) mass is 364 g/mol. The first kappa shape index (κ1) is 16.2. The average Bonchev–Trinajstić information content (AvgIpc) is 2.97. The highest BCUT2D eigenvalue weighted by atomic mass is 35.5. The number of halogens is 2. The number of para-hydroxylation sites is 1. The van der Waals surface area contributed by atoms with Crippen LogP contribution in [0, 0.1) is 0 Å². The van der Waals surface area contributed by atoms with Gasteiger partial charge in [0.1, 0.15) is 5.01 Å². The molecule has 6 heteroatoms. The SMILES string of the molecule is CC(c1nc2ccccc2s1)N(C)C(=O)c1ccc(Cl)cc1Cl. The van der Waals surface area contributed by atoms with Crippen LogP contribution in [0.25, 0.3) is 10.2 Å². The van der Waals surface area contributed by atoms with E-state index in [2.05, 4.69) is 4.98 Å². The third-order valence-corrected chi connectivity index (χ3v) is 5.49. The van der Waals surface area contributed by atoms with Crippen molar-refractivity contribution in [3.63, 3.8) is 0 Å². The second-order valence-corrected chi connectivity index (χ2v) is 7.14. The molecule has 118 valence electrons. The summed E-state index contributed by atoms with van der Waals surface area (Å²) in [5.41, 5.74) is 1.39. The van der Waals surface area contributed by atoms with Gasteiger partial charge in [-0.3, -0.25) is 4.79 Å². The van der Waals surface area contributed by atoms with Gasteiger partial charge >= 0.3 is 0 Å². The van der Waals surface area contributed by atoms with E-state index in [1.165, 1.54) is 0 Å². The summed E-state index contributed by atoms with van der Waals surface area (Å²) in [5, 5.41) is 1.76. The molecule has 0 saturated heterocycles. The number of aromatic nitrogens is 1. The van der Waals surface area contributed by atoms with Crippen LogP contribution in [-0.4, -0.2) is 22.8 Å². The van der Waals surface area contributed by atoms with E-state index >= 15 is 0 Å². The lowest BCUT2D eigenvalue weighted by atomic mass is 10.1. The number of fused-ring (bicyclic) bond motifs is 1. The van der Waals surface area contributed by atoms with Crippen molar-refractivity contribution in [1.82, 2.24) is 9.88 Å². The Morgan fingerprint density at radius 3 is 2.65 bits per heavy atom. The summed E-state index contributed by atoms with van der Waals surface area (Å²) in [6, 6.07) is 12.7. The van der Waals surface area contributed by atoms with E-state index in [1.54, 1.807) is 41.5 Å². The van der Waals surface area contributed by atoms with E-state index in [-0.39, 0.29) is 11.9 Å². The van der Waals surface area contributed by atoms with Crippen LogP contribution in [-0.2, 0) is 0 Å². The van der Waals surface area contributed by atoms with Crippen LogP contribution in [0.15, 0.2) is 42.5 Å². The van der Waals surface area contributed by atoms with Crippen molar-refractivity contribution in [3.8, 4) is 0 Å². The third kappa shape index (κ3) is 3.20. The van der Waals surface area contributed by atoms with E-state index in [4.69, 9.17) is 23.2 Å². The summed E-state index contributed by atoms with van der Waals surface area (Å²) in [7, 11) is 1.75. The normalized spacial score (nSPS) is 12.3. The second-order valence-electron chi connectivity index (χ2n) is 5.24. The van der Waals surface area contributed by atoms with Crippen molar-refractivity contribution in [2.24, 2.45) is 0 Å². The van der Waals surface area contributed by atoms with Gasteiger partial charge in [-0.2, -0.15) is 0 Å². The van der Waals surface area contributed by atoms with Crippen molar-refractivity contribution < 1.29 is 4.79 Å². The van der Waals surface area contributed by atoms with Crippen LogP contribution < -0.4 is 0 Å². The van der Waals surface area contributed by atoms with Crippen LogP contribution in [0.3, 0.4) is 0 Å². The van der Waals surface area contributed by atoms with Crippen LogP contribution in [0.1, 0.15) is 28.3 Å². The fourth-order valence-electron chi connectivity index (χ4n) is 2.26. The first-order valence-corrected chi connectivity index (χ1v) is 8.62. The molecular formula is C17H14Cl2N2OS. The van der Waals surface area contributed by atoms with Crippen LogP contribution >= 0.6 is 34.5 Å². The molecule has 0 saturated carbocycles. The lowest BCUT2D eigenvalue weighted by Crippen LogP contribution is -2.29. The van der Waals surface area contributed by atoms with Gasteiger partial charge in [-0.1, -0.05) is 35.3 Å². The van der Waals surface area contributed by atoms with Crippen molar-refractivity contribution in [1.29, 1.82) is 0 Å². The molecule has 23 heavy (non-hydrogen) atoms. The summed E-state index contributed by atoms with van der Waals surface area (Å²) in [4.78, 5) is 18.9. The minimum Gasteiger partial charge on any atom is -0.332 e. The molecule has 3 nitrogen and oxygen atoms in total. The van der Waals surface area contributed by atoms with Crippen molar-refractivity contribution in [3.05, 3.63) is 63.1 Å². The van der Waals surface area contributed by atoms with E-state index in [0.29, 0.717) is 15.6 Å². The minimum atomic E-state index is -0.154. The summed E-state index contributed by atoms with van der Waals surface area (Å²) in [6.07, 6.45) is 0. The molecule has 0 aliphatic carbocycles. The Bertz CT molecular complexity index is 845. The number of hydrogen-bond donors (Lipinski definition) is 0. The van der Waals surface area contributed by atoms with Gasteiger partial charge in [0.15, 0.2) is 0 Å². The molecule has 0 bridgehead atoms. The Balaban J connectivity index is 1.89. The van der Waals surface area contributed by atoms with Gasteiger partial charge in [0, 0.05) is 12.1 Å². The Morgan fingerprint density at radius 2 is 1.96 bits per heavy atom. The third-order valence-electron chi connectivity index (χ3n) is 3.73. The zero-order valence-corrected chi connectivity index (χ0v) is 14.9. The maximum absolute atomic E-state index is 12.7. The maximum Gasteiger partial charge on any atom is 0.255 e. The first-order valence-electron chi connectivity index (χ1n) is 7.05. The molecule has 0 aliphatic heterocycles. The minimum absolute atomic E-state index is 0.147. The fraction of sp³-hybridized carbons (Fsp3) is 0.176. The Labute approximate surface area is 148 Å². The quantitative estimate of drug-likeness (QED) is 0.620. The highest BCUT2D eigenvalue weighted by Crippen LogP contribution is 2.30. The Hall–Kier alpha value is -1.62. The largest absolute Gasteiger partial charge is 0.332 e. The highest BCUT2D eigenvalue weighted by Gasteiger charge is 2.23. The van der Waals surface area contributed by atoms with Crippen molar-refractivity contribution in [2.45, 2.75) is 13.0 Å². The first-order chi connectivity index (χ1) is 11.0. The summed E-state index contributed by atoms with van der Waals surface area (Å²) in [6.45, 7) is 1.96. The Morgan fingerprint density at radius 1 is 1.22 bits per heavy atom. The lowest BCUT2D eigenvalue weighted by molar-refractivity contribution is 0.0743. The zero-order valence-electron chi connectivity index (χ0n) is 12.6. The molecule has 3 rings (SSSR count). The molecule has 0 radical (unpaired) electrons. The van der Waals surface area contributed by atoms with E-state index < -0.39 is 0 Å². The molecule has 1 amide bonds. The highest BCUT2D eigenvalue weighted by molar-refractivity contribution is 7.18. The van der Waals surface area contributed by atoms with E-state index in [1.807, 2.05) is 31.2 Å². The predicted octanol–water partition coefficient (Wildman–Crippen LogP) is 5.44. The number of thiazole rings is 1. The van der Waals surface area contributed by atoms with Gasteiger partial charge in [-0.15, -0.1) is 11.3 Å². The van der Waals surface area contributed by atoms with E-state index in [9.17, 15) is 4.79 Å². The van der Waals surface area contributed by atoms with E-state index in [0.717, 1.165) is 15.2 Å². The van der Waals surface area contributed by atoms with Gasteiger partial charge in [-0.25, -0.2) is 4.98 Å². The second kappa shape index (κ2) is 6.48. The fourth-order valence-corrected chi connectivity index (χ4v) is 3.82. The Kier molecular flexibility index (Phi) is 4.57. The van der Waals surface area contributed by atoms with Crippen LogP contribution in [0.2, 0.25) is 10.0 Å². The number of nitrogens with zero attached hydrogens (tertiary/aromatic N) is 2. The molecule has 3 aromatic rings. The summed E-state index contributed by atoms with van der Waals surface area (Å²) in [5.74, 6) is -0.154. The number of rotatable bonds is 3. The number of carbonyl (C=O) groups excluding carboxylic acids is 1. The average molecular weight is 365 g/mol. The molecule has 1 unspecified atom stereocenters. The van der Waals surface area contributed by atoms with Crippen molar-refractivity contribution in [2.75, 3.05) is 7.05 Å². The smallest absolute Gasteiger partial charge is 0.255 e. The maximum atomic E-state index is 12.7. The van der Waals surface area contributed by atoms with Gasteiger partial charge in [0.05, 0.1) is 26.8 Å². The molecule has 0 fully saturated rings. The number of carbonyl (C=O) groups is 1. The molecule has 0 aliphatic rings. The topological polar surface area (TPSA) is 33.2 Å². The zero-order chi connectivity index (χ0) is 16.6. The van der Waals surface area contributed by atoms with Gasteiger partial charge in [0.25, 0.3) is 5.91 Å². The number of benzene rings is 2. The summed E-state index contributed by atoms with van der Waals surface area (Å²) < 4.78 is 1.11. The van der Waals surface area contributed by atoms with Gasteiger partial charge < -0.3 is 4.90 Å². The number of amides is 1. The molecule has 1 heterocycles. The van der Waals surface area contributed by atoms with Crippen LogP contribution in [0.4, 0.5) is 0 Å². The molecule has 1 aromatic heterocycles. The molecular weight excluding hydrogens is 351 g/mol. The van der Waals surface area contributed by atoms with Gasteiger partial charge in [-0.05, 0) is 37.3 Å². The molecule has 1 atom stereocenters. The molecule has 0 N–H and O–H groups in total.